The monoisotopic (exact) mass is 368 g/mol. The zero-order chi connectivity index (χ0) is 19.0. The number of pyridine rings is 1. The second-order valence-electron chi connectivity index (χ2n) is 7.69. The summed E-state index contributed by atoms with van der Waals surface area (Å²) in [7, 11) is 1.68. The summed E-state index contributed by atoms with van der Waals surface area (Å²) in [5.41, 5.74) is 1.57. The number of ether oxygens (including phenoxy) is 2. The van der Waals surface area contributed by atoms with Crippen molar-refractivity contribution in [1.82, 2.24) is 9.88 Å². The van der Waals surface area contributed by atoms with Crippen molar-refractivity contribution >= 4 is 16.9 Å². The number of aromatic nitrogens is 1. The van der Waals surface area contributed by atoms with Crippen LogP contribution in [0.15, 0.2) is 30.3 Å². The highest BCUT2D eigenvalue weighted by Gasteiger charge is 2.59. The van der Waals surface area contributed by atoms with Gasteiger partial charge >= 0.3 is 5.97 Å². The van der Waals surface area contributed by atoms with Gasteiger partial charge in [-0.2, -0.15) is 0 Å². The molecule has 2 fully saturated rings. The Kier molecular flexibility index (Phi) is 4.81. The van der Waals surface area contributed by atoms with Crippen LogP contribution in [0.2, 0.25) is 0 Å². The van der Waals surface area contributed by atoms with E-state index in [4.69, 9.17) is 14.5 Å². The summed E-state index contributed by atoms with van der Waals surface area (Å²) in [6.45, 7) is 5.22. The summed E-state index contributed by atoms with van der Waals surface area (Å²) >= 11 is 0. The quantitative estimate of drug-likeness (QED) is 0.723. The van der Waals surface area contributed by atoms with Gasteiger partial charge in [0.15, 0.2) is 0 Å². The summed E-state index contributed by atoms with van der Waals surface area (Å²) in [6, 6.07) is 10.9. The zero-order valence-electron chi connectivity index (χ0n) is 16.4. The summed E-state index contributed by atoms with van der Waals surface area (Å²) in [5, 5.41) is 1.08. The highest BCUT2D eigenvalue weighted by atomic mass is 16.5. The van der Waals surface area contributed by atoms with Gasteiger partial charge in [-0.15, -0.1) is 0 Å². The maximum atomic E-state index is 12.8. The third-order valence-electron chi connectivity index (χ3n) is 6.50. The lowest BCUT2D eigenvalue weighted by Gasteiger charge is -2.34. The van der Waals surface area contributed by atoms with Crippen LogP contribution >= 0.6 is 0 Å². The number of nitrogens with zero attached hydrogens (tertiary/aromatic N) is 2. The topological polar surface area (TPSA) is 51.7 Å². The van der Waals surface area contributed by atoms with Gasteiger partial charge in [0, 0.05) is 24.0 Å². The second kappa shape index (κ2) is 7.12. The highest BCUT2D eigenvalue weighted by molar-refractivity contribution is 5.84. The molecule has 27 heavy (non-hydrogen) atoms. The van der Waals surface area contributed by atoms with Crippen LogP contribution in [0, 0.1) is 5.41 Å². The van der Waals surface area contributed by atoms with Crippen LogP contribution in [-0.4, -0.2) is 41.7 Å². The molecule has 5 nitrogen and oxygen atoms in total. The average molecular weight is 368 g/mol. The molecule has 0 spiro atoms. The van der Waals surface area contributed by atoms with E-state index in [0.717, 1.165) is 54.6 Å². The lowest BCUT2D eigenvalue weighted by molar-refractivity contribution is -0.157. The maximum Gasteiger partial charge on any atom is 0.313 e. The first kappa shape index (κ1) is 18.2. The first-order chi connectivity index (χ1) is 13.1. The predicted octanol–water partition coefficient (Wildman–Crippen LogP) is 3.94. The number of methoxy groups -OCH3 is 1. The van der Waals surface area contributed by atoms with Crippen LogP contribution in [0.4, 0.5) is 0 Å². The molecule has 1 aromatic carbocycles. The predicted molar refractivity (Wildman–Crippen MR) is 105 cm³/mol. The zero-order valence-corrected chi connectivity index (χ0v) is 16.4. The molecule has 5 heteroatoms. The highest BCUT2D eigenvalue weighted by Crippen LogP contribution is 2.52. The van der Waals surface area contributed by atoms with Gasteiger partial charge in [-0.1, -0.05) is 25.1 Å². The number of hydrogen-bond donors (Lipinski definition) is 0. The van der Waals surface area contributed by atoms with E-state index in [0.29, 0.717) is 12.6 Å². The Balaban J connectivity index is 1.62. The lowest BCUT2D eigenvalue weighted by Crippen LogP contribution is -2.44. The van der Waals surface area contributed by atoms with Crippen molar-refractivity contribution in [2.24, 2.45) is 5.41 Å². The fourth-order valence-electron chi connectivity index (χ4n) is 5.16. The molecule has 0 saturated carbocycles. The van der Waals surface area contributed by atoms with E-state index < -0.39 is 0 Å². The molecule has 0 radical (unpaired) electrons. The standard InChI is InChI=1S/C22H28N2O3/c1-4-22(21(25)27-5-2)13-17-11-12-19(22)24(17)14-16-10-9-15-7-6-8-18(26-3)20(15)23-16/h6-10,17,19H,4-5,11-14H2,1-3H3/t17-,19+,22+/m0/s1. The number of carbonyl (C=O) groups is 1. The molecule has 3 heterocycles. The molecule has 2 saturated heterocycles. The Morgan fingerprint density at radius 1 is 1.26 bits per heavy atom. The van der Waals surface area contributed by atoms with Gasteiger partial charge in [-0.05, 0) is 44.7 Å². The number of esters is 1. The van der Waals surface area contributed by atoms with Gasteiger partial charge in [-0.3, -0.25) is 9.69 Å². The van der Waals surface area contributed by atoms with Crippen LogP contribution in [0.1, 0.15) is 45.2 Å². The van der Waals surface area contributed by atoms with Crippen molar-refractivity contribution in [2.45, 2.75) is 58.2 Å². The molecule has 3 atom stereocenters. The second-order valence-corrected chi connectivity index (χ2v) is 7.69. The Hall–Kier alpha value is -2.14. The lowest BCUT2D eigenvalue weighted by atomic mass is 9.72. The molecule has 0 N–H and O–H groups in total. The van der Waals surface area contributed by atoms with Crippen LogP contribution < -0.4 is 4.74 Å². The molecule has 0 amide bonds. The van der Waals surface area contributed by atoms with E-state index in [1.165, 1.54) is 0 Å². The average Bonchev–Trinajstić information content (AvgIpc) is 3.22. The van der Waals surface area contributed by atoms with E-state index in [2.05, 4.69) is 30.0 Å². The van der Waals surface area contributed by atoms with E-state index in [1.54, 1.807) is 7.11 Å². The van der Waals surface area contributed by atoms with Gasteiger partial charge < -0.3 is 9.47 Å². The molecule has 0 unspecified atom stereocenters. The maximum absolute atomic E-state index is 12.8. The van der Waals surface area contributed by atoms with E-state index in [1.807, 2.05) is 19.1 Å². The fourth-order valence-corrected chi connectivity index (χ4v) is 5.16. The largest absolute Gasteiger partial charge is 0.494 e. The molecule has 4 rings (SSSR count). The van der Waals surface area contributed by atoms with Crippen LogP contribution in [0.25, 0.3) is 10.9 Å². The van der Waals surface area contributed by atoms with Crippen molar-refractivity contribution in [3.05, 3.63) is 36.0 Å². The fraction of sp³-hybridized carbons (Fsp3) is 0.545. The van der Waals surface area contributed by atoms with E-state index in [9.17, 15) is 4.79 Å². The number of para-hydroxylation sites is 1. The summed E-state index contributed by atoms with van der Waals surface area (Å²) in [4.78, 5) is 20.1. The Morgan fingerprint density at radius 2 is 2.11 bits per heavy atom. The van der Waals surface area contributed by atoms with Crippen LogP contribution in [-0.2, 0) is 16.1 Å². The number of carbonyl (C=O) groups excluding carboxylic acids is 1. The molecule has 2 aromatic rings. The number of fused-ring (bicyclic) bond motifs is 3. The van der Waals surface area contributed by atoms with Gasteiger partial charge in [0.2, 0.25) is 0 Å². The van der Waals surface area contributed by atoms with Gasteiger partial charge in [0.25, 0.3) is 0 Å². The van der Waals surface area contributed by atoms with Crippen molar-refractivity contribution < 1.29 is 14.3 Å². The van der Waals surface area contributed by atoms with Gasteiger partial charge in [0.05, 0.1) is 24.8 Å². The first-order valence-corrected chi connectivity index (χ1v) is 9.98. The van der Waals surface area contributed by atoms with Gasteiger partial charge in [-0.25, -0.2) is 4.98 Å². The third kappa shape index (κ3) is 2.89. The van der Waals surface area contributed by atoms with E-state index >= 15 is 0 Å². The van der Waals surface area contributed by atoms with Crippen LogP contribution in [0.3, 0.4) is 0 Å². The number of hydrogen-bond acceptors (Lipinski definition) is 5. The molecular weight excluding hydrogens is 340 g/mol. The van der Waals surface area contributed by atoms with Crippen molar-refractivity contribution in [1.29, 1.82) is 0 Å². The molecule has 2 bridgehead atoms. The molecule has 1 aromatic heterocycles. The first-order valence-electron chi connectivity index (χ1n) is 9.98. The van der Waals surface area contributed by atoms with Crippen LogP contribution in [0.5, 0.6) is 5.75 Å². The molecule has 2 aliphatic rings. The minimum absolute atomic E-state index is 0.0159. The SMILES string of the molecule is CCOC(=O)[C@]1(CC)C[C@@H]2CC[C@H]1N2Cc1ccc2cccc(OC)c2n1. The van der Waals surface area contributed by atoms with Crippen molar-refractivity contribution in [2.75, 3.05) is 13.7 Å². The minimum atomic E-state index is -0.354. The Labute approximate surface area is 160 Å². The number of rotatable bonds is 6. The summed E-state index contributed by atoms with van der Waals surface area (Å²) in [5.74, 6) is 0.783. The molecular formula is C22H28N2O3. The summed E-state index contributed by atoms with van der Waals surface area (Å²) < 4.78 is 10.9. The van der Waals surface area contributed by atoms with Crippen molar-refractivity contribution in [3.8, 4) is 5.75 Å². The van der Waals surface area contributed by atoms with Crippen molar-refractivity contribution in [3.63, 3.8) is 0 Å². The Morgan fingerprint density at radius 3 is 2.85 bits per heavy atom. The number of benzene rings is 1. The van der Waals surface area contributed by atoms with E-state index in [-0.39, 0.29) is 17.4 Å². The molecule has 2 aliphatic heterocycles. The Bertz CT molecular complexity index is 853. The minimum Gasteiger partial charge on any atom is -0.494 e. The molecule has 144 valence electrons. The normalized spacial score (nSPS) is 27.2. The summed E-state index contributed by atoms with van der Waals surface area (Å²) in [6.07, 6.45) is 3.96. The third-order valence-corrected chi connectivity index (χ3v) is 6.50. The molecule has 0 aliphatic carbocycles. The smallest absolute Gasteiger partial charge is 0.313 e. The van der Waals surface area contributed by atoms with Gasteiger partial charge in [0.1, 0.15) is 11.3 Å².